The van der Waals surface area contributed by atoms with Crippen LogP contribution < -0.4 is 15.2 Å². The molecule has 0 spiro atoms. The molecule has 0 atom stereocenters. The summed E-state index contributed by atoms with van der Waals surface area (Å²) in [5, 5.41) is 9.44. The minimum absolute atomic E-state index is 0.177. The molecule has 0 saturated heterocycles. The molecule has 0 heterocycles. The van der Waals surface area contributed by atoms with Crippen molar-refractivity contribution < 1.29 is 14.3 Å². The Kier molecular flexibility index (Phi) is 6.65. The van der Waals surface area contributed by atoms with Crippen LogP contribution in [-0.2, 0) is 4.79 Å². The van der Waals surface area contributed by atoms with E-state index in [2.05, 4.69) is 0 Å². The molecule has 0 bridgehead atoms. The van der Waals surface area contributed by atoms with E-state index in [1.54, 1.807) is 24.3 Å². The van der Waals surface area contributed by atoms with E-state index in [0.717, 1.165) is 11.3 Å². The smallest absolute Gasteiger partial charge is 0.259 e. The van der Waals surface area contributed by atoms with Gasteiger partial charge in [0.15, 0.2) is 0 Å². The molecule has 0 aliphatic carbocycles. The van der Waals surface area contributed by atoms with Gasteiger partial charge in [-0.3, -0.25) is 4.79 Å². The largest absolute Gasteiger partial charge is 0.490 e. The van der Waals surface area contributed by atoms with E-state index in [1.807, 2.05) is 32.0 Å². The molecule has 26 heavy (non-hydrogen) atoms. The van der Waals surface area contributed by atoms with Crippen LogP contribution in [0.25, 0.3) is 6.08 Å². The van der Waals surface area contributed by atoms with E-state index in [4.69, 9.17) is 32.1 Å². The summed E-state index contributed by atoms with van der Waals surface area (Å²) in [4.78, 5) is 11.2. The molecule has 5 nitrogen and oxygen atoms in total. The maximum Gasteiger partial charge on any atom is 0.259 e. The van der Waals surface area contributed by atoms with Crippen LogP contribution in [0, 0.1) is 25.2 Å². The van der Waals surface area contributed by atoms with Crippen LogP contribution in [0.1, 0.15) is 16.7 Å². The molecule has 0 aliphatic rings. The highest BCUT2D eigenvalue weighted by atomic mass is 35.5. The third-order valence-electron chi connectivity index (χ3n) is 3.75. The summed E-state index contributed by atoms with van der Waals surface area (Å²) >= 11 is 5.98. The fourth-order valence-electron chi connectivity index (χ4n) is 2.19. The van der Waals surface area contributed by atoms with Gasteiger partial charge >= 0.3 is 0 Å². The average Bonchev–Trinajstić information content (AvgIpc) is 2.60. The Morgan fingerprint density at radius 2 is 1.88 bits per heavy atom. The molecule has 2 aromatic rings. The second-order valence-corrected chi connectivity index (χ2v) is 6.10. The van der Waals surface area contributed by atoms with Crippen molar-refractivity contribution in [3.63, 3.8) is 0 Å². The SMILES string of the molecule is Cc1ccc(OCCOc2ccc(Cl)cc2/C=C(\C#N)C(N)=O)cc1C. The van der Waals surface area contributed by atoms with E-state index in [9.17, 15) is 4.79 Å². The number of rotatable bonds is 7. The molecule has 0 fully saturated rings. The summed E-state index contributed by atoms with van der Waals surface area (Å²) in [7, 11) is 0. The van der Waals surface area contributed by atoms with Gasteiger partial charge in [-0.05, 0) is 61.4 Å². The Balaban J connectivity index is 2.04. The lowest BCUT2D eigenvalue weighted by atomic mass is 10.1. The molecule has 2 rings (SSSR count). The van der Waals surface area contributed by atoms with Crippen LogP contribution in [0.2, 0.25) is 5.02 Å². The van der Waals surface area contributed by atoms with Crippen molar-refractivity contribution in [1.82, 2.24) is 0 Å². The maximum absolute atomic E-state index is 11.2. The zero-order valence-electron chi connectivity index (χ0n) is 14.6. The van der Waals surface area contributed by atoms with E-state index in [1.165, 1.54) is 11.6 Å². The van der Waals surface area contributed by atoms with E-state index in [0.29, 0.717) is 22.9 Å². The Hall–Kier alpha value is -2.97. The predicted octanol–water partition coefficient (Wildman–Crippen LogP) is 3.81. The molecule has 2 aromatic carbocycles. The standard InChI is InChI=1S/C20H19ClN2O3/c1-13-3-5-18(9-14(13)2)25-7-8-26-19-6-4-17(21)11-15(19)10-16(12-22)20(23)24/h3-6,9-11H,7-8H2,1-2H3,(H2,23,24)/b16-10+. The van der Waals surface area contributed by atoms with Crippen molar-refractivity contribution in [2.75, 3.05) is 13.2 Å². The zero-order valence-corrected chi connectivity index (χ0v) is 15.3. The first kappa shape index (κ1) is 19.4. The quantitative estimate of drug-likeness (QED) is 0.456. The monoisotopic (exact) mass is 370 g/mol. The minimum Gasteiger partial charge on any atom is -0.490 e. The second-order valence-electron chi connectivity index (χ2n) is 5.66. The predicted molar refractivity (Wildman–Crippen MR) is 101 cm³/mol. The van der Waals surface area contributed by atoms with Crippen LogP contribution in [0.5, 0.6) is 11.5 Å². The first-order valence-electron chi connectivity index (χ1n) is 7.94. The minimum atomic E-state index is -0.809. The Morgan fingerprint density at radius 3 is 2.54 bits per heavy atom. The van der Waals surface area contributed by atoms with Gasteiger partial charge in [0.2, 0.25) is 0 Å². The first-order valence-corrected chi connectivity index (χ1v) is 8.32. The number of carbonyl (C=O) groups is 1. The zero-order chi connectivity index (χ0) is 19.1. The third kappa shape index (κ3) is 5.27. The summed E-state index contributed by atoms with van der Waals surface area (Å²) < 4.78 is 11.4. The fourth-order valence-corrected chi connectivity index (χ4v) is 2.37. The molecule has 6 heteroatoms. The molecule has 0 unspecified atom stereocenters. The highest BCUT2D eigenvalue weighted by molar-refractivity contribution is 6.30. The van der Waals surface area contributed by atoms with Gasteiger partial charge in [0.25, 0.3) is 5.91 Å². The molecule has 2 N–H and O–H groups in total. The van der Waals surface area contributed by atoms with Crippen molar-refractivity contribution in [2.24, 2.45) is 5.73 Å². The number of aryl methyl sites for hydroxylation is 2. The van der Waals surface area contributed by atoms with Crippen LogP contribution >= 0.6 is 11.6 Å². The molecule has 134 valence electrons. The number of nitrogens with zero attached hydrogens (tertiary/aromatic N) is 1. The first-order chi connectivity index (χ1) is 12.4. The summed E-state index contributed by atoms with van der Waals surface area (Å²) in [6, 6.07) is 12.6. The van der Waals surface area contributed by atoms with Gasteiger partial charge in [-0.1, -0.05) is 17.7 Å². The van der Waals surface area contributed by atoms with Crippen LogP contribution in [-0.4, -0.2) is 19.1 Å². The fraction of sp³-hybridized carbons (Fsp3) is 0.200. The van der Waals surface area contributed by atoms with Crippen LogP contribution in [0.4, 0.5) is 0 Å². The number of hydrogen-bond acceptors (Lipinski definition) is 4. The molecule has 0 saturated carbocycles. The van der Waals surface area contributed by atoms with E-state index < -0.39 is 5.91 Å². The molecular weight excluding hydrogens is 352 g/mol. The van der Waals surface area contributed by atoms with Crippen molar-refractivity contribution >= 4 is 23.6 Å². The van der Waals surface area contributed by atoms with Gasteiger partial charge in [0, 0.05) is 10.6 Å². The summed E-state index contributed by atoms with van der Waals surface area (Å²) in [5.74, 6) is 0.442. The Bertz CT molecular complexity index is 885. The molecular formula is C20H19ClN2O3. The number of carbonyl (C=O) groups excluding carboxylic acids is 1. The van der Waals surface area contributed by atoms with Crippen molar-refractivity contribution in [1.29, 1.82) is 5.26 Å². The highest BCUT2D eigenvalue weighted by Gasteiger charge is 2.08. The highest BCUT2D eigenvalue weighted by Crippen LogP contribution is 2.25. The summed E-state index contributed by atoms with van der Waals surface area (Å²) in [5.41, 5.74) is 7.85. The van der Waals surface area contributed by atoms with Gasteiger partial charge in [-0.25, -0.2) is 0 Å². The third-order valence-corrected chi connectivity index (χ3v) is 3.98. The van der Waals surface area contributed by atoms with Gasteiger partial charge in [-0.2, -0.15) is 5.26 Å². The Morgan fingerprint density at radius 1 is 1.15 bits per heavy atom. The molecule has 1 amide bonds. The molecule has 0 aromatic heterocycles. The van der Waals surface area contributed by atoms with Crippen LogP contribution in [0.15, 0.2) is 42.0 Å². The number of hydrogen-bond donors (Lipinski definition) is 1. The average molecular weight is 371 g/mol. The number of nitriles is 1. The lowest BCUT2D eigenvalue weighted by Crippen LogP contribution is -2.13. The number of benzene rings is 2. The number of ether oxygens (including phenoxy) is 2. The maximum atomic E-state index is 11.2. The Labute approximate surface area is 157 Å². The van der Waals surface area contributed by atoms with Crippen LogP contribution in [0.3, 0.4) is 0 Å². The normalized spacial score (nSPS) is 10.9. The van der Waals surface area contributed by atoms with Crippen molar-refractivity contribution in [3.05, 3.63) is 63.7 Å². The van der Waals surface area contributed by atoms with Gasteiger partial charge in [0.05, 0.1) is 0 Å². The van der Waals surface area contributed by atoms with E-state index >= 15 is 0 Å². The lowest BCUT2D eigenvalue weighted by Gasteiger charge is -2.12. The number of amides is 1. The summed E-state index contributed by atoms with van der Waals surface area (Å²) in [6.45, 7) is 4.69. The van der Waals surface area contributed by atoms with Gasteiger partial charge in [-0.15, -0.1) is 0 Å². The number of halogens is 1. The van der Waals surface area contributed by atoms with Gasteiger partial charge in [0.1, 0.15) is 36.4 Å². The van der Waals surface area contributed by atoms with Crippen molar-refractivity contribution in [3.8, 4) is 17.6 Å². The second kappa shape index (κ2) is 8.93. The topological polar surface area (TPSA) is 85.3 Å². The lowest BCUT2D eigenvalue weighted by molar-refractivity contribution is -0.114. The number of primary amides is 1. The van der Waals surface area contributed by atoms with Gasteiger partial charge < -0.3 is 15.2 Å². The number of nitrogens with two attached hydrogens (primary N) is 1. The van der Waals surface area contributed by atoms with Crippen molar-refractivity contribution in [2.45, 2.75) is 13.8 Å². The van der Waals surface area contributed by atoms with E-state index in [-0.39, 0.29) is 12.2 Å². The summed E-state index contributed by atoms with van der Waals surface area (Å²) in [6.07, 6.45) is 1.35. The molecule has 0 aliphatic heterocycles. The molecule has 0 radical (unpaired) electrons.